The normalized spacial score (nSPS) is 34.7. The zero-order valence-electron chi connectivity index (χ0n) is 12.9. The molecule has 19 heavy (non-hydrogen) atoms. The molecule has 1 N–H and O–H groups in total. The Labute approximate surface area is 118 Å². The Hall–Kier alpha value is -0.980. The van der Waals surface area contributed by atoms with Gasteiger partial charge in [-0.05, 0) is 75.7 Å². The summed E-state index contributed by atoms with van der Waals surface area (Å²) in [6.07, 6.45) is 7.97. The van der Waals surface area contributed by atoms with E-state index in [1.54, 1.807) is 0 Å². The number of hydrogen-bond donors (Lipinski definition) is 1. The second-order valence-electron chi connectivity index (χ2n) is 7.05. The van der Waals surface area contributed by atoms with Gasteiger partial charge in [0.1, 0.15) is 0 Å². The largest absolute Gasteiger partial charge is 0.382 e. The third-order valence-electron chi connectivity index (χ3n) is 6.03. The molecule has 0 heterocycles. The molecule has 3 saturated carbocycles. The number of rotatable bonds is 5. The first-order valence-electron chi connectivity index (χ1n) is 7.59. The van der Waals surface area contributed by atoms with Crippen LogP contribution in [0.1, 0.15) is 59.3 Å². The van der Waals surface area contributed by atoms with E-state index < -0.39 is 0 Å². The van der Waals surface area contributed by atoms with Crippen LogP contribution < -0.4 is 5.32 Å². The zero-order valence-corrected chi connectivity index (χ0v) is 12.9. The van der Waals surface area contributed by atoms with Crippen LogP contribution in [0.3, 0.4) is 0 Å². The van der Waals surface area contributed by atoms with Crippen molar-refractivity contribution in [3.63, 3.8) is 0 Å². The number of hydrogen-bond acceptors (Lipinski definition) is 1. The van der Waals surface area contributed by atoms with Crippen LogP contribution in [0.25, 0.3) is 0 Å². The lowest BCUT2D eigenvalue weighted by Crippen LogP contribution is -2.51. The topological polar surface area (TPSA) is 12.0 Å². The molecular formula is C18H29N. The minimum Gasteiger partial charge on any atom is -0.382 e. The van der Waals surface area contributed by atoms with E-state index in [0.29, 0.717) is 16.9 Å². The van der Waals surface area contributed by atoms with Crippen LogP contribution in [0, 0.1) is 10.8 Å². The van der Waals surface area contributed by atoms with E-state index in [9.17, 15) is 0 Å². The lowest BCUT2D eigenvalue weighted by molar-refractivity contribution is -0.00663. The monoisotopic (exact) mass is 259 g/mol. The highest BCUT2D eigenvalue weighted by molar-refractivity contribution is 5.23. The van der Waals surface area contributed by atoms with Crippen LogP contribution in [0.2, 0.25) is 0 Å². The van der Waals surface area contributed by atoms with Gasteiger partial charge in [-0.3, -0.25) is 0 Å². The molecule has 2 bridgehead atoms. The van der Waals surface area contributed by atoms with Gasteiger partial charge in [0.15, 0.2) is 0 Å². The fourth-order valence-corrected chi connectivity index (χ4v) is 4.04. The Balaban J connectivity index is 2.05. The van der Waals surface area contributed by atoms with Crippen molar-refractivity contribution in [1.82, 2.24) is 5.32 Å². The van der Waals surface area contributed by atoms with E-state index in [4.69, 9.17) is 0 Å². The maximum absolute atomic E-state index is 4.24. The lowest BCUT2D eigenvalue weighted by atomic mass is 9.50. The smallest absolute Gasteiger partial charge is 0.0293 e. The molecular weight excluding hydrogens is 230 g/mol. The lowest BCUT2D eigenvalue weighted by Gasteiger charge is -2.56. The van der Waals surface area contributed by atoms with Gasteiger partial charge in [0.2, 0.25) is 0 Å². The molecule has 0 aromatic rings. The summed E-state index contributed by atoms with van der Waals surface area (Å²) < 4.78 is 0. The second-order valence-corrected chi connectivity index (χ2v) is 7.05. The average Bonchev–Trinajstić information content (AvgIpc) is 2.40. The van der Waals surface area contributed by atoms with Gasteiger partial charge < -0.3 is 5.32 Å². The summed E-state index contributed by atoms with van der Waals surface area (Å²) >= 11 is 0. The fraction of sp³-hybridized carbons (Fsp3) is 0.667. The van der Waals surface area contributed by atoms with Gasteiger partial charge in [-0.1, -0.05) is 25.3 Å². The van der Waals surface area contributed by atoms with Crippen LogP contribution in [0.15, 0.2) is 36.6 Å². The van der Waals surface area contributed by atoms with E-state index in [2.05, 4.69) is 38.9 Å². The Morgan fingerprint density at radius 2 is 1.42 bits per heavy atom. The van der Waals surface area contributed by atoms with Gasteiger partial charge in [-0.2, -0.15) is 0 Å². The summed E-state index contributed by atoms with van der Waals surface area (Å²) in [7, 11) is 0. The van der Waals surface area contributed by atoms with E-state index in [1.807, 2.05) is 6.92 Å². The van der Waals surface area contributed by atoms with Gasteiger partial charge in [0.05, 0.1) is 0 Å². The summed E-state index contributed by atoms with van der Waals surface area (Å²) in [6.45, 7) is 18.9. The molecule has 3 aliphatic rings. The Morgan fingerprint density at radius 1 is 0.947 bits per heavy atom. The molecule has 0 aliphatic heterocycles. The molecule has 3 rings (SSSR count). The molecule has 3 fully saturated rings. The highest BCUT2D eigenvalue weighted by Crippen LogP contribution is 2.60. The molecule has 1 heteroatoms. The molecule has 0 saturated heterocycles. The first-order valence-corrected chi connectivity index (χ1v) is 7.59. The quantitative estimate of drug-likeness (QED) is 0.543. The van der Waals surface area contributed by atoms with Crippen molar-refractivity contribution < 1.29 is 0 Å². The van der Waals surface area contributed by atoms with Crippen LogP contribution in [0.5, 0.6) is 0 Å². The molecule has 0 amide bonds. The minimum absolute atomic E-state index is 0.465. The zero-order chi connectivity index (χ0) is 14.3. The first kappa shape index (κ1) is 14.4. The van der Waals surface area contributed by atoms with Crippen LogP contribution in [-0.2, 0) is 0 Å². The molecule has 3 aliphatic carbocycles. The van der Waals surface area contributed by atoms with E-state index in [0.717, 1.165) is 11.3 Å². The summed E-state index contributed by atoms with van der Waals surface area (Å²) in [5.74, 6) is 0. The van der Waals surface area contributed by atoms with Crippen molar-refractivity contribution in [2.75, 3.05) is 0 Å². The van der Waals surface area contributed by atoms with E-state index in [1.165, 1.54) is 44.1 Å². The van der Waals surface area contributed by atoms with Gasteiger partial charge in [0, 0.05) is 11.7 Å². The predicted molar refractivity (Wildman–Crippen MR) is 83.9 cm³/mol. The number of nitrogens with one attached hydrogen (secondary N) is 1. The van der Waals surface area contributed by atoms with Crippen molar-refractivity contribution in [1.29, 1.82) is 0 Å². The van der Waals surface area contributed by atoms with E-state index >= 15 is 0 Å². The Kier molecular flexibility index (Phi) is 3.68. The third kappa shape index (κ3) is 2.40. The molecule has 0 aromatic carbocycles. The number of fused-ring (bicyclic) bond motifs is 3. The number of allylic oxidation sites excluding steroid dienone is 2. The van der Waals surface area contributed by atoms with Crippen molar-refractivity contribution >= 4 is 0 Å². The molecule has 106 valence electrons. The molecule has 0 radical (unpaired) electrons. The van der Waals surface area contributed by atoms with Crippen LogP contribution >= 0.6 is 0 Å². The van der Waals surface area contributed by atoms with Crippen molar-refractivity contribution in [2.24, 2.45) is 10.8 Å². The predicted octanol–water partition coefficient (Wildman–Crippen LogP) is 4.97. The molecule has 1 atom stereocenters. The molecule has 0 spiro atoms. The fourth-order valence-electron chi connectivity index (χ4n) is 4.04. The molecule has 1 nitrogen and oxygen atoms in total. The third-order valence-corrected chi connectivity index (χ3v) is 6.03. The van der Waals surface area contributed by atoms with Crippen molar-refractivity contribution in [2.45, 2.75) is 65.3 Å². The Bertz CT molecular complexity index is 391. The van der Waals surface area contributed by atoms with Gasteiger partial charge in [-0.15, -0.1) is 0 Å². The maximum atomic E-state index is 4.24. The van der Waals surface area contributed by atoms with Crippen molar-refractivity contribution in [3.8, 4) is 0 Å². The second kappa shape index (κ2) is 4.85. The first-order chi connectivity index (χ1) is 8.81. The SMILES string of the molecule is C=C(C)C(=C)NC(C)C12CCC(C(=C)C)(CC1)CC2. The highest BCUT2D eigenvalue weighted by atomic mass is 14.9. The van der Waals surface area contributed by atoms with Gasteiger partial charge in [0.25, 0.3) is 0 Å². The summed E-state index contributed by atoms with van der Waals surface area (Å²) in [4.78, 5) is 0. The Morgan fingerprint density at radius 3 is 1.79 bits per heavy atom. The summed E-state index contributed by atoms with van der Waals surface area (Å²) in [5.41, 5.74) is 4.39. The minimum atomic E-state index is 0.465. The summed E-state index contributed by atoms with van der Waals surface area (Å²) in [5, 5.41) is 3.59. The summed E-state index contributed by atoms with van der Waals surface area (Å²) in [6, 6.07) is 0.500. The van der Waals surface area contributed by atoms with Gasteiger partial charge >= 0.3 is 0 Å². The van der Waals surface area contributed by atoms with Crippen molar-refractivity contribution in [3.05, 3.63) is 36.6 Å². The standard InChI is InChI=1S/C18H29N/c1-13(2)15(5)19-16(6)18-10-7-17(8-11-18,9-12-18)14(3)4/h16,19H,1,3,5,7-12H2,2,4,6H3. The van der Waals surface area contributed by atoms with E-state index in [-0.39, 0.29) is 0 Å². The molecule has 1 unspecified atom stereocenters. The molecule has 0 aromatic heterocycles. The van der Waals surface area contributed by atoms with Gasteiger partial charge in [-0.25, -0.2) is 0 Å². The average molecular weight is 259 g/mol. The highest BCUT2D eigenvalue weighted by Gasteiger charge is 2.51. The van der Waals surface area contributed by atoms with Crippen LogP contribution in [0.4, 0.5) is 0 Å². The van der Waals surface area contributed by atoms with Crippen LogP contribution in [-0.4, -0.2) is 6.04 Å². The maximum Gasteiger partial charge on any atom is 0.0293 e.